The normalized spacial score (nSPS) is 15.3. The van der Waals surface area contributed by atoms with Crippen molar-refractivity contribution in [3.05, 3.63) is 60.3 Å². The summed E-state index contributed by atoms with van der Waals surface area (Å²) < 4.78 is 0. The maximum atomic E-state index is 11.1. The minimum absolute atomic E-state index is 0.101. The van der Waals surface area contributed by atoms with Crippen molar-refractivity contribution >= 4 is 34.7 Å². The fourth-order valence-electron chi connectivity index (χ4n) is 3.35. The number of carbonyl (C=O) groups excluding carboxylic acids is 1. The first-order valence-electron chi connectivity index (χ1n) is 8.82. The average Bonchev–Trinajstić information content (AvgIpc) is 2.99. The summed E-state index contributed by atoms with van der Waals surface area (Å²) in [5.74, 6) is 1.09. The van der Waals surface area contributed by atoms with Gasteiger partial charge in [0.25, 0.3) is 0 Å². The standard InChI is InChI=1S/C20H20N6O/c1-13-11-15-5-3-4-6-18(15)26(13)19-12-21-25-20(24-19)23-17-9-7-16(8-10-17)22-14(2)27/h3-10,12-13H,11H2,1-2H3,(H,22,27)(H,23,24,25). The van der Waals surface area contributed by atoms with Crippen molar-refractivity contribution in [3.8, 4) is 0 Å². The summed E-state index contributed by atoms with van der Waals surface area (Å²) in [5.41, 5.74) is 4.03. The molecule has 0 fully saturated rings. The number of nitrogens with zero attached hydrogens (tertiary/aromatic N) is 4. The molecule has 0 aliphatic carbocycles. The van der Waals surface area contributed by atoms with E-state index in [9.17, 15) is 4.79 Å². The van der Waals surface area contributed by atoms with Crippen molar-refractivity contribution < 1.29 is 4.79 Å². The van der Waals surface area contributed by atoms with Gasteiger partial charge in [-0.2, -0.15) is 10.1 Å². The number of benzene rings is 2. The van der Waals surface area contributed by atoms with Gasteiger partial charge in [-0.25, -0.2) is 0 Å². The highest BCUT2D eigenvalue weighted by Crippen LogP contribution is 2.37. The number of hydrogen-bond donors (Lipinski definition) is 2. The Hall–Kier alpha value is -3.48. The maximum absolute atomic E-state index is 11.1. The van der Waals surface area contributed by atoms with Gasteiger partial charge in [0.15, 0.2) is 5.82 Å². The molecule has 0 bridgehead atoms. The lowest BCUT2D eigenvalue weighted by Gasteiger charge is -2.23. The van der Waals surface area contributed by atoms with Crippen molar-refractivity contribution in [2.45, 2.75) is 26.3 Å². The molecular weight excluding hydrogens is 340 g/mol. The van der Waals surface area contributed by atoms with Gasteiger partial charge < -0.3 is 15.5 Å². The predicted molar refractivity (Wildman–Crippen MR) is 106 cm³/mol. The van der Waals surface area contributed by atoms with E-state index in [-0.39, 0.29) is 5.91 Å². The SMILES string of the molecule is CC(=O)Nc1ccc(Nc2nncc(N3c4ccccc4CC3C)n2)cc1. The van der Waals surface area contributed by atoms with Gasteiger partial charge in [-0.15, -0.1) is 5.10 Å². The van der Waals surface area contributed by atoms with Gasteiger partial charge in [0, 0.05) is 30.0 Å². The average molecular weight is 360 g/mol. The van der Waals surface area contributed by atoms with Gasteiger partial charge in [0.2, 0.25) is 11.9 Å². The van der Waals surface area contributed by atoms with Crippen LogP contribution in [0.15, 0.2) is 54.7 Å². The summed E-state index contributed by atoms with van der Waals surface area (Å²) in [6.45, 7) is 3.66. The summed E-state index contributed by atoms with van der Waals surface area (Å²) in [7, 11) is 0. The zero-order valence-corrected chi connectivity index (χ0v) is 15.2. The van der Waals surface area contributed by atoms with E-state index < -0.39 is 0 Å². The molecule has 0 saturated heterocycles. The molecule has 1 aliphatic heterocycles. The summed E-state index contributed by atoms with van der Waals surface area (Å²) >= 11 is 0. The summed E-state index contributed by atoms with van der Waals surface area (Å²) in [6, 6.07) is 16.0. The number of anilines is 5. The van der Waals surface area contributed by atoms with Crippen molar-refractivity contribution in [1.29, 1.82) is 0 Å². The molecule has 27 heavy (non-hydrogen) atoms. The minimum Gasteiger partial charge on any atom is -0.326 e. The van der Waals surface area contributed by atoms with Gasteiger partial charge in [-0.05, 0) is 49.2 Å². The molecule has 1 unspecified atom stereocenters. The first-order chi connectivity index (χ1) is 13.1. The fourth-order valence-corrected chi connectivity index (χ4v) is 3.35. The minimum atomic E-state index is -0.101. The van der Waals surface area contributed by atoms with E-state index in [1.165, 1.54) is 12.5 Å². The number of nitrogens with one attached hydrogen (secondary N) is 2. The van der Waals surface area contributed by atoms with Crippen LogP contribution >= 0.6 is 0 Å². The molecule has 0 spiro atoms. The zero-order valence-electron chi connectivity index (χ0n) is 15.2. The van der Waals surface area contributed by atoms with Crippen LogP contribution in [0.1, 0.15) is 19.4 Å². The summed E-state index contributed by atoms with van der Waals surface area (Å²) in [6.07, 6.45) is 2.66. The molecule has 0 saturated carbocycles. The number of para-hydroxylation sites is 1. The molecule has 7 heteroatoms. The molecule has 1 atom stereocenters. The highest BCUT2D eigenvalue weighted by molar-refractivity contribution is 5.88. The van der Waals surface area contributed by atoms with E-state index in [4.69, 9.17) is 0 Å². The molecule has 4 rings (SSSR count). The van der Waals surface area contributed by atoms with E-state index >= 15 is 0 Å². The Morgan fingerprint density at radius 2 is 1.85 bits per heavy atom. The lowest BCUT2D eigenvalue weighted by atomic mass is 10.1. The number of fused-ring (bicyclic) bond motifs is 1. The van der Waals surface area contributed by atoms with Gasteiger partial charge in [0.05, 0.1) is 6.20 Å². The smallest absolute Gasteiger partial charge is 0.249 e. The Kier molecular flexibility index (Phi) is 4.42. The fraction of sp³-hybridized carbons (Fsp3) is 0.200. The highest BCUT2D eigenvalue weighted by Gasteiger charge is 2.28. The third-order valence-corrected chi connectivity index (χ3v) is 4.46. The molecular formula is C20H20N6O. The van der Waals surface area contributed by atoms with Crippen molar-refractivity contribution in [2.75, 3.05) is 15.5 Å². The highest BCUT2D eigenvalue weighted by atomic mass is 16.1. The van der Waals surface area contributed by atoms with Crippen LogP contribution in [0.5, 0.6) is 0 Å². The Morgan fingerprint density at radius 1 is 1.11 bits per heavy atom. The van der Waals surface area contributed by atoms with Crippen molar-refractivity contribution in [2.24, 2.45) is 0 Å². The zero-order chi connectivity index (χ0) is 18.8. The quantitative estimate of drug-likeness (QED) is 0.739. The molecule has 136 valence electrons. The van der Waals surface area contributed by atoms with Gasteiger partial charge >= 0.3 is 0 Å². The lowest BCUT2D eigenvalue weighted by Crippen LogP contribution is -2.25. The van der Waals surface area contributed by atoms with Crippen LogP contribution in [0, 0.1) is 0 Å². The molecule has 3 aromatic rings. The van der Waals surface area contributed by atoms with Gasteiger partial charge in [-0.1, -0.05) is 18.2 Å². The molecule has 2 heterocycles. The second-order valence-corrected chi connectivity index (χ2v) is 6.57. The number of rotatable bonds is 4. The van der Waals surface area contributed by atoms with Gasteiger partial charge in [-0.3, -0.25) is 4.79 Å². The van der Waals surface area contributed by atoms with Crippen LogP contribution in [0.2, 0.25) is 0 Å². The van der Waals surface area contributed by atoms with E-state index in [1.807, 2.05) is 30.3 Å². The summed E-state index contributed by atoms with van der Waals surface area (Å²) in [4.78, 5) is 17.9. The predicted octanol–water partition coefficient (Wildman–Crippen LogP) is 3.66. The monoisotopic (exact) mass is 360 g/mol. The van der Waals surface area contributed by atoms with E-state index in [1.54, 1.807) is 6.20 Å². The second kappa shape index (κ2) is 7.03. The Balaban J connectivity index is 1.56. The second-order valence-electron chi connectivity index (χ2n) is 6.57. The van der Waals surface area contributed by atoms with E-state index in [0.29, 0.717) is 12.0 Å². The summed E-state index contributed by atoms with van der Waals surface area (Å²) in [5, 5.41) is 14.1. The van der Waals surface area contributed by atoms with E-state index in [2.05, 4.69) is 55.8 Å². The third-order valence-electron chi connectivity index (χ3n) is 4.46. The number of carbonyl (C=O) groups is 1. The molecule has 1 aliphatic rings. The van der Waals surface area contributed by atoms with E-state index in [0.717, 1.165) is 29.3 Å². The molecule has 1 amide bonds. The Bertz CT molecular complexity index is 972. The maximum Gasteiger partial charge on any atom is 0.249 e. The van der Waals surface area contributed by atoms with Crippen LogP contribution in [-0.2, 0) is 11.2 Å². The Morgan fingerprint density at radius 3 is 2.63 bits per heavy atom. The molecule has 0 radical (unpaired) electrons. The topological polar surface area (TPSA) is 83.0 Å². The van der Waals surface area contributed by atoms with Crippen LogP contribution < -0.4 is 15.5 Å². The first-order valence-corrected chi connectivity index (χ1v) is 8.82. The Labute approximate surface area is 157 Å². The van der Waals surface area contributed by atoms with Crippen LogP contribution in [0.4, 0.5) is 28.8 Å². The van der Waals surface area contributed by atoms with Crippen molar-refractivity contribution in [1.82, 2.24) is 15.2 Å². The molecule has 2 aromatic carbocycles. The first kappa shape index (κ1) is 17.0. The molecule has 1 aromatic heterocycles. The van der Waals surface area contributed by atoms with Gasteiger partial charge in [0.1, 0.15) is 0 Å². The van der Waals surface area contributed by atoms with Crippen LogP contribution in [-0.4, -0.2) is 27.1 Å². The number of hydrogen-bond acceptors (Lipinski definition) is 6. The third kappa shape index (κ3) is 3.57. The number of aromatic nitrogens is 3. The molecule has 7 nitrogen and oxygen atoms in total. The van der Waals surface area contributed by atoms with Crippen LogP contribution in [0.25, 0.3) is 0 Å². The largest absolute Gasteiger partial charge is 0.326 e. The number of amides is 1. The van der Waals surface area contributed by atoms with Crippen molar-refractivity contribution in [3.63, 3.8) is 0 Å². The molecule has 2 N–H and O–H groups in total. The lowest BCUT2D eigenvalue weighted by molar-refractivity contribution is -0.114. The van der Waals surface area contributed by atoms with Crippen LogP contribution in [0.3, 0.4) is 0 Å².